The third-order valence-electron chi connectivity index (χ3n) is 9.00. The zero-order valence-electron chi connectivity index (χ0n) is 37.6. The number of carbonyl (C=O) groups is 2. The van der Waals surface area contributed by atoms with Crippen molar-refractivity contribution >= 4 is 19.8 Å². The number of ether oxygens (including phenoxy) is 2. The highest BCUT2D eigenvalue weighted by atomic mass is 31.2. The molecule has 0 aromatic heterocycles. The number of unbranched alkanes of at least 4 members (excludes halogenated alkanes) is 11. The first kappa shape index (κ1) is 56.1. The van der Waals surface area contributed by atoms with E-state index in [9.17, 15) is 24.2 Å². The maximum absolute atomic E-state index is 12.7. The van der Waals surface area contributed by atoms with Crippen LogP contribution in [0.15, 0.2) is 85.1 Å². The summed E-state index contributed by atoms with van der Waals surface area (Å²) in [5.41, 5.74) is 0. The van der Waals surface area contributed by atoms with Crippen LogP contribution in [0.25, 0.3) is 0 Å². The number of phosphoric ester groups is 1. The van der Waals surface area contributed by atoms with Crippen molar-refractivity contribution in [1.29, 1.82) is 0 Å². The predicted molar refractivity (Wildman–Crippen MR) is 244 cm³/mol. The predicted octanol–water partition coefficient (Wildman–Crippen LogP) is 11.8. The van der Waals surface area contributed by atoms with Crippen molar-refractivity contribution in [1.82, 2.24) is 0 Å². The van der Waals surface area contributed by atoms with Crippen LogP contribution in [0.4, 0.5) is 0 Å². The topological polar surface area (TPSA) is 129 Å². The number of allylic oxidation sites excluding steroid dienone is 12. The number of phosphoric acid groups is 1. The van der Waals surface area contributed by atoms with Gasteiger partial charge in [0.15, 0.2) is 6.10 Å². The van der Waals surface area contributed by atoms with Crippen LogP contribution in [-0.4, -0.2) is 86.1 Å². The minimum Gasteiger partial charge on any atom is -0.462 e. The summed E-state index contributed by atoms with van der Waals surface area (Å²) >= 11 is 0. The summed E-state index contributed by atoms with van der Waals surface area (Å²) in [6.07, 6.45) is 46.7. The molecule has 59 heavy (non-hydrogen) atoms. The van der Waals surface area contributed by atoms with Gasteiger partial charge in [-0.3, -0.25) is 18.6 Å². The lowest BCUT2D eigenvalue weighted by Gasteiger charge is -2.24. The van der Waals surface area contributed by atoms with Crippen LogP contribution in [0.1, 0.15) is 149 Å². The van der Waals surface area contributed by atoms with Crippen LogP contribution in [0, 0.1) is 0 Å². The first-order chi connectivity index (χ1) is 28.4. The van der Waals surface area contributed by atoms with Crippen LogP contribution in [0.3, 0.4) is 0 Å². The molecular weight excluding hydrogens is 766 g/mol. The number of quaternary nitrogens is 1. The van der Waals surface area contributed by atoms with Crippen molar-refractivity contribution in [2.24, 2.45) is 0 Å². The molecule has 10 nitrogen and oxygen atoms in total. The second-order valence-electron chi connectivity index (χ2n) is 15.9. The molecule has 0 aliphatic rings. The van der Waals surface area contributed by atoms with Crippen molar-refractivity contribution in [2.45, 2.75) is 161 Å². The van der Waals surface area contributed by atoms with Gasteiger partial charge in [0.25, 0.3) is 0 Å². The molecule has 0 aliphatic heterocycles. The molecule has 3 atom stereocenters. The largest absolute Gasteiger partial charge is 0.472 e. The summed E-state index contributed by atoms with van der Waals surface area (Å²) in [6.45, 7) is 4.06. The first-order valence-corrected chi connectivity index (χ1v) is 23.9. The Hall–Kier alpha value is -2.85. The van der Waals surface area contributed by atoms with E-state index >= 15 is 0 Å². The highest BCUT2D eigenvalue weighted by Gasteiger charge is 2.27. The molecule has 0 spiro atoms. The number of aliphatic hydroxyl groups excluding tert-OH is 1. The van der Waals surface area contributed by atoms with E-state index in [2.05, 4.69) is 62.5 Å². The summed E-state index contributed by atoms with van der Waals surface area (Å²) in [7, 11) is 1.35. The van der Waals surface area contributed by atoms with Gasteiger partial charge in [-0.15, -0.1) is 0 Å². The number of likely N-dealkylation sites (N-methyl/N-ethyl adjacent to an activating group) is 1. The quantitative estimate of drug-likeness (QED) is 0.0155. The molecule has 0 heterocycles. The van der Waals surface area contributed by atoms with Crippen LogP contribution < -0.4 is 0 Å². The smallest absolute Gasteiger partial charge is 0.462 e. The number of carbonyl (C=O) groups excluding carboxylic acids is 2. The third kappa shape index (κ3) is 43.1. The van der Waals surface area contributed by atoms with Gasteiger partial charge in [0.2, 0.25) is 0 Å². The molecule has 0 saturated heterocycles. The summed E-state index contributed by atoms with van der Waals surface area (Å²) in [5, 5.41) is 10.2. The van der Waals surface area contributed by atoms with Crippen molar-refractivity contribution in [3.05, 3.63) is 85.1 Å². The molecule has 11 heteroatoms. The fourth-order valence-corrected chi connectivity index (χ4v) is 6.21. The van der Waals surface area contributed by atoms with Crippen molar-refractivity contribution in [3.8, 4) is 0 Å². The average Bonchev–Trinajstić information content (AvgIpc) is 3.18. The molecule has 338 valence electrons. The Bertz CT molecular complexity index is 1300. The standard InChI is InChI=1S/C48H82NO9P/c1-6-8-10-12-14-16-18-20-21-23-25-27-29-31-35-39-47(51)55-43-46(44-57-59(53,54)56-42-41-49(3,4)5)58-48(52)40-36-32-34-38-45(50)37-33-30-28-26-24-22-19-17-15-13-11-9-7-2/h9,11,15,17,20-22,24,28,30,32-34,37,45-46,50H,6-8,10,12-14,16,18-19,23,25-27,29,31,35-36,38-44H2,1-5H3/p+1/b11-9-,17-15-,21-20-,24-22-,30-28-,34-32-,37-33-/t45?,46-/m1/s1. The minimum atomic E-state index is -4.43. The van der Waals surface area contributed by atoms with Gasteiger partial charge in [0, 0.05) is 12.8 Å². The molecule has 0 saturated carbocycles. The fraction of sp³-hybridized carbons (Fsp3) is 0.667. The molecule has 0 rings (SSSR count). The Labute approximate surface area is 359 Å². The van der Waals surface area contributed by atoms with Crippen LogP contribution in [0.2, 0.25) is 0 Å². The Balaban J connectivity index is 4.61. The Morgan fingerprint density at radius 3 is 1.83 bits per heavy atom. The van der Waals surface area contributed by atoms with E-state index in [0.29, 0.717) is 30.3 Å². The number of nitrogens with zero attached hydrogens (tertiary/aromatic N) is 1. The first-order valence-electron chi connectivity index (χ1n) is 22.4. The lowest BCUT2D eigenvalue weighted by molar-refractivity contribution is -0.870. The van der Waals surface area contributed by atoms with Gasteiger partial charge in [-0.2, -0.15) is 0 Å². The molecule has 0 bridgehead atoms. The zero-order chi connectivity index (χ0) is 43.7. The molecule has 0 aromatic carbocycles. The molecular formula is C48H83NO9P+. The maximum atomic E-state index is 12.7. The molecule has 0 aliphatic carbocycles. The highest BCUT2D eigenvalue weighted by Crippen LogP contribution is 2.43. The van der Waals surface area contributed by atoms with Gasteiger partial charge in [-0.05, 0) is 70.6 Å². The number of aliphatic hydroxyl groups is 1. The number of rotatable bonds is 39. The maximum Gasteiger partial charge on any atom is 0.472 e. The van der Waals surface area contributed by atoms with E-state index in [1.807, 2.05) is 39.4 Å². The third-order valence-corrected chi connectivity index (χ3v) is 9.99. The van der Waals surface area contributed by atoms with E-state index in [0.717, 1.165) is 57.8 Å². The molecule has 0 amide bonds. The molecule has 0 aromatic rings. The lowest BCUT2D eigenvalue weighted by atomic mass is 10.1. The van der Waals surface area contributed by atoms with Gasteiger partial charge in [0.05, 0.1) is 33.9 Å². The highest BCUT2D eigenvalue weighted by molar-refractivity contribution is 7.47. The molecule has 0 fully saturated rings. The zero-order valence-corrected chi connectivity index (χ0v) is 38.5. The van der Waals surface area contributed by atoms with Crippen molar-refractivity contribution < 1.29 is 47.2 Å². The van der Waals surface area contributed by atoms with Gasteiger partial charge in [0.1, 0.15) is 19.8 Å². The molecule has 2 N–H and O–H groups in total. The van der Waals surface area contributed by atoms with Crippen LogP contribution in [0.5, 0.6) is 0 Å². The summed E-state index contributed by atoms with van der Waals surface area (Å²) in [6, 6.07) is 0. The normalized spacial score (nSPS) is 14.9. The van der Waals surface area contributed by atoms with E-state index in [1.165, 1.54) is 44.9 Å². The second kappa shape index (κ2) is 39.3. The SMILES string of the molecule is CC/C=C\C/C=C\C/C=C\C/C=C\C=C/C(O)C/C=C\CCC(=O)O[C@H](COC(=O)CCCCCCC/C=C\CCCCCCCC)COP(=O)(O)OCC[N+](C)(C)C. The monoisotopic (exact) mass is 849 g/mol. The summed E-state index contributed by atoms with van der Waals surface area (Å²) in [5.74, 6) is -0.998. The molecule has 2 unspecified atom stereocenters. The summed E-state index contributed by atoms with van der Waals surface area (Å²) in [4.78, 5) is 35.4. The van der Waals surface area contributed by atoms with Crippen molar-refractivity contribution in [2.75, 3.05) is 47.5 Å². The van der Waals surface area contributed by atoms with Gasteiger partial charge < -0.3 is 24.0 Å². The van der Waals surface area contributed by atoms with Gasteiger partial charge >= 0.3 is 19.8 Å². The molecule has 0 radical (unpaired) electrons. The number of hydrogen-bond donors (Lipinski definition) is 2. The Morgan fingerprint density at radius 1 is 0.627 bits per heavy atom. The fourth-order valence-electron chi connectivity index (χ4n) is 5.47. The van der Waals surface area contributed by atoms with E-state index in [1.54, 1.807) is 18.2 Å². The van der Waals surface area contributed by atoms with Gasteiger partial charge in [-0.1, -0.05) is 150 Å². The lowest BCUT2D eigenvalue weighted by Crippen LogP contribution is -2.37. The Kier molecular flexibility index (Phi) is 37.4. The van der Waals surface area contributed by atoms with Crippen LogP contribution >= 0.6 is 7.82 Å². The Morgan fingerprint density at radius 2 is 1.20 bits per heavy atom. The van der Waals surface area contributed by atoms with Crippen LogP contribution in [-0.2, 0) is 32.7 Å². The summed E-state index contributed by atoms with van der Waals surface area (Å²) < 4.78 is 34.1. The average molecular weight is 849 g/mol. The van der Waals surface area contributed by atoms with E-state index < -0.39 is 38.6 Å². The van der Waals surface area contributed by atoms with Gasteiger partial charge in [-0.25, -0.2) is 4.57 Å². The minimum absolute atomic E-state index is 0.00602. The van der Waals surface area contributed by atoms with E-state index in [-0.39, 0.29) is 26.1 Å². The van der Waals surface area contributed by atoms with E-state index in [4.69, 9.17) is 18.5 Å². The second-order valence-corrected chi connectivity index (χ2v) is 17.3. The van der Waals surface area contributed by atoms with Crippen molar-refractivity contribution in [3.63, 3.8) is 0 Å². The number of esters is 2. The number of hydrogen-bond acceptors (Lipinski definition) is 8.